The molecule has 25 heavy (non-hydrogen) atoms. The van der Waals surface area contributed by atoms with Crippen molar-refractivity contribution >= 4 is 16.8 Å². The maximum atomic E-state index is 13.2. The number of nitrogens with zero attached hydrogens (tertiary/aromatic N) is 1. The number of esters is 1. The highest BCUT2D eigenvalue weighted by Crippen LogP contribution is 2.36. The Balaban J connectivity index is 1.91. The van der Waals surface area contributed by atoms with Gasteiger partial charge in [-0.1, -0.05) is 30.3 Å². The molecular formula is C19H27NO4S. The highest BCUT2D eigenvalue weighted by Gasteiger charge is 2.50. The minimum Gasteiger partial charge on any atom is -0.446 e. The van der Waals surface area contributed by atoms with Crippen LogP contribution in [-0.4, -0.2) is 57.6 Å². The maximum absolute atomic E-state index is 13.2. The molecule has 2 bridgehead atoms. The average molecular weight is 365 g/mol. The summed E-state index contributed by atoms with van der Waals surface area (Å²) in [5, 5.41) is 9.68. The van der Waals surface area contributed by atoms with Crippen LogP contribution in [0, 0.1) is 5.92 Å². The Hall–Kier alpha value is -1.24. The SMILES string of the molecule is CC(S(C)=O)C(CO)(C(=O)OC1CC2CCN1CC2)c1ccccc1. The molecule has 0 amide bonds. The van der Waals surface area contributed by atoms with Crippen LogP contribution in [0.25, 0.3) is 0 Å². The fourth-order valence-corrected chi connectivity index (χ4v) is 4.96. The van der Waals surface area contributed by atoms with E-state index in [0.717, 1.165) is 32.4 Å². The molecule has 5 nitrogen and oxygen atoms in total. The third-order valence-corrected chi connectivity index (χ3v) is 7.33. The second kappa shape index (κ2) is 7.56. The van der Waals surface area contributed by atoms with Crippen molar-refractivity contribution in [2.24, 2.45) is 5.92 Å². The smallest absolute Gasteiger partial charge is 0.321 e. The molecule has 0 aliphatic carbocycles. The molecule has 4 atom stereocenters. The van der Waals surface area contributed by atoms with E-state index in [2.05, 4.69) is 4.90 Å². The summed E-state index contributed by atoms with van der Waals surface area (Å²) in [6, 6.07) is 9.10. The standard InChI is InChI=1S/C19H27NO4S/c1-14(25(2)23)19(13-21,16-6-4-3-5-7-16)18(22)24-17-12-15-8-10-20(17)11-9-15/h3-7,14-15,17,21H,8-13H2,1-2H3. The number of hydrogen-bond acceptors (Lipinski definition) is 5. The van der Waals surface area contributed by atoms with Gasteiger partial charge in [-0.15, -0.1) is 0 Å². The monoisotopic (exact) mass is 365 g/mol. The van der Waals surface area contributed by atoms with Crippen molar-refractivity contribution in [3.8, 4) is 0 Å². The molecule has 1 N–H and O–H groups in total. The Kier molecular flexibility index (Phi) is 5.61. The molecular weight excluding hydrogens is 338 g/mol. The second-order valence-electron chi connectivity index (χ2n) is 7.21. The minimum atomic E-state index is -1.31. The number of rotatable bonds is 6. The Labute approximate surface area is 151 Å². The van der Waals surface area contributed by atoms with Crippen LogP contribution in [0.3, 0.4) is 0 Å². The van der Waals surface area contributed by atoms with Gasteiger partial charge in [0.15, 0.2) is 6.23 Å². The third kappa shape index (κ3) is 3.39. The first-order valence-electron chi connectivity index (χ1n) is 8.92. The number of benzene rings is 1. The second-order valence-corrected chi connectivity index (χ2v) is 8.92. The molecule has 0 aromatic heterocycles. The first kappa shape index (κ1) is 18.5. The van der Waals surface area contributed by atoms with Crippen molar-refractivity contribution in [1.29, 1.82) is 0 Å². The largest absolute Gasteiger partial charge is 0.446 e. The van der Waals surface area contributed by atoms with Gasteiger partial charge in [-0.25, -0.2) is 0 Å². The molecule has 0 radical (unpaired) electrons. The van der Waals surface area contributed by atoms with Gasteiger partial charge in [0.25, 0.3) is 0 Å². The number of aliphatic hydroxyl groups excluding tert-OH is 1. The number of piperidine rings is 3. The molecule has 3 aliphatic heterocycles. The van der Waals surface area contributed by atoms with Crippen LogP contribution in [0.2, 0.25) is 0 Å². The molecule has 0 saturated carbocycles. The molecule has 3 heterocycles. The van der Waals surface area contributed by atoms with E-state index in [4.69, 9.17) is 4.74 Å². The van der Waals surface area contributed by atoms with E-state index in [-0.39, 0.29) is 6.23 Å². The summed E-state index contributed by atoms with van der Waals surface area (Å²) in [5.41, 5.74) is -0.653. The van der Waals surface area contributed by atoms with E-state index in [0.29, 0.717) is 11.5 Å². The molecule has 0 spiro atoms. The first-order chi connectivity index (χ1) is 12.0. The van der Waals surface area contributed by atoms with Gasteiger partial charge >= 0.3 is 5.97 Å². The maximum Gasteiger partial charge on any atom is 0.321 e. The van der Waals surface area contributed by atoms with Gasteiger partial charge in [-0.3, -0.25) is 13.9 Å². The van der Waals surface area contributed by atoms with E-state index < -0.39 is 34.0 Å². The van der Waals surface area contributed by atoms with Crippen LogP contribution in [-0.2, 0) is 25.7 Å². The van der Waals surface area contributed by atoms with Crippen molar-refractivity contribution in [2.75, 3.05) is 26.0 Å². The summed E-state index contributed by atoms with van der Waals surface area (Å²) in [6.07, 6.45) is 4.51. The molecule has 1 aromatic rings. The number of hydrogen-bond donors (Lipinski definition) is 1. The summed E-state index contributed by atoms with van der Waals surface area (Å²) in [4.78, 5) is 15.5. The minimum absolute atomic E-state index is 0.230. The molecule has 1 aromatic carbocycles. The Bertz CT molecular complexity index is 630. The normalized spacial score (nSPS) is 30.3. The van der Waals surface area contributed by atoms with Crippen molar-refractivity contribution in [1.82, 2.24) is 4.90 Å². The van der Waals surface area contributed by atoms with Crippen LogP contribution in [0.5, 0.6) is 0 Å². The quantitative estimate of drug-likeness (QED) is 0.777. The van der Waals surface area contributed by atoms with Gasteiger partial charge in [0.2, 0.25) is 0 Å². The predicted octanol–water partition coefficient (Wildman–Crippen LogP) is 1.67. The molecule has 138 valence electrons. The summed E-state index contributed by atoms with van der Waals surface area (Å²) in [5.74, 6) is 0.141. The molecule has 3 aliphatic rings. The fraction of sp³-hybridized carbons (Fsp3) is 0.632. The molecule has 3 saturated heterocycles. The predicted molar refractivity (Wildman–Crippen MR) is 97.5 cm³/mol. The van der Waals surface area contributed by atoms with Crippen LogP contribution in [0.15, 0.2) is 30.3 Å². The van der Waals surface area contributed by atoms with E-state index in [1.54, 1.807) is 25.3 Å². The van der Waals surface area contributed by atoms with Gasteiger partial charge in [0, 0.05) is 36.6 Å². The van der Waals surface area contributed by atoms with E-state index in [1.807, 2.05) is 18.2 Å². The van der Waals surface area contributed by atoms with Crippen LogP contribution in [0.4, 0.5) is 0 Å². The lowest BCUT2D eigenvalue weighted by Crippen LogP contribution is -2.56. The molecule has 4 rings (SSSR count). The number of aliphatic hydroxyl groups is 1. The highest BCUT2D eigenvalue weighted by atomic mass is 32.2. The van der Waals surface area contributed by atoms with E-state index >= 15 is 0 Å². The molecule has 3 fully saturated rings. The van der Waals surface area contributed by atoms with Gasteiger partial charge in [0.1, 0.15) is 5.41 Å². The zero-order valence-electron chi connectivity index (χ0n) is 14.9. The number of ether oxygens (including phenoxy) is 1. The zero-order chi connectivity index (χ0) is 18.0. The van der Waals surface area contributed by atoms with Crippen LogP contribution >= 0.6 is 0 Å². The summed E-state index contributed by atoms with van der Waals surface area (Å²) in [7, 11) is -1.28. The van der Waals surface area contributed by atoms with Crippen molar-refractivity contribution in [3.05, 3.63) is 35.9 Å². The number of fused-ring (bicyclic) bond motifs is 3. The zero-order valence-corrected chi connectivity index (χ0v) is 15.7. The Morgan fingerprint density at radius 2 is 2.00 bits per heavy atom. The summed E-state index contributed by atoms with van der Waals surface area (Å²) < 4.78 is 18.1. The van der Waals surface area contributed by atoms with E-state index in [1.165, 1.54) is 0 Å². The third-order valence-electron chi connectivity index (χ3n) is 5.93. The summed E-state index contributed by atoms with van der Waals surface area (Å²) >= 11 is 0. The van der Waals surface area contributed by atoms with E-state index in [9.17, 15) is 14.1 Å². The van der Waals surface area contributed by atoms with Crippen LogP contribution in [0.1, 0.15) is 31.7 Å². The van der Waals surface area contributed by atoms with Gasteiger partial charge in [0.05, 0.1) is 11.9 Å². The lowest BCUT2D eigenvalue weighted by atomic mass is 9.78. The van der Waals surface area contributed by atoms with Crippen molar-refractivity contribution < 1.29 is 18.8 Å². The van der Waals surface area contributed by atoms with Crippen LogP contribution < -0.4 is 0 Å². The highest BCUT2D eigenvalue weighted by molar-refractivity contribution is 7.85. The molecule has 6 heteroatoms. The number of carbonyl (C=O) groups is 1. The van der Waals surface area contributed by atoms with Gasteiger partial charge in [-0.2, -0.15) is 0 Å². The molecule has 4 unspecified atom stereocenters. The topological polar surface area (TPSA) is 66.8 Å². The van der Waals surface area contributed by atoms with Crippen molar-refractivity contribution in [3.63, 3.8) is 0 Å². The lowest BCUT2D eigenvalue weighted by molar-refractivity contribution is -0.178. The average Bonchev–Trinajstić information content (AvgIpc) is 2.64. The fourth-order valence-electron chi connectivity index (χ4n) is 4.08. The Morgan fingerprint density at radius 1 is 1.36 bits per heavy atom. The first-order valence-corrected chi connectivity index (χ1v) is 10.5. The number of carbonyl (C=O) groups excluding carboxylic acids is 1. The van der Waals surface area contributed by atoms with Gasteiger partial charge in [-0.05, 0) is 31.2 Å². The summed E-state index contributed by atoms with van der Waals surface area (Å²) in [6.45, 7) is 3.23. The lowest BCUT2D eigenvalue weighted by Gasteiger charge is -2.46. The Morgan fingerprint density at radius 3 is 2.48 bits per heavy atom. The van der Waals surface area contributed by atoms with Crippen molar-refractivity contribution in [2.45, 2.75) is 43.1 Å². The van der Waals surface area contributed by atoms with Gasteiger partial charge < -0.3 is 9.84 Å².